The van der Waals surface area contributed by atoms with Crippen molar-refractivity contribution >= 4 is 23.5 Å². The maximum Gasteiger partial charge on any atom is 0.325 e. The standard InChI is InChI=1S/C17H18N2O5/c1-2-19(13-7-4-3-5-8-13)15(20)12-24-16(21)11-18-17(22)14-9-6-10-23-14/h3-10H,2,11-12H2,1H3,(H,18,22). The molecule has 1 aromatic carbocycles. The van der Waals surface area contributed by atoms with Gasteiger partial charge < -0.3 is 19.4 Å². The first kappa shape index (κ1) is 17.3. The molecule has 0 saturated carbocycles. The second kappa shape index (κ2) is 8.52. The van der Waals surface area contributed by atoms with Gasteiger partial charge in [-0.05, 0) is 31.2 Å². The highest BCUT2D eigenvalue weighted by Crippen LogP contribution is 2.12. The van der Waals surface area contributed by atoms with Crippen molar-refractivity contribution in [1.29, 1.82) is 0 Å². The summed E-state index contributed by atoms with van der Waals surface area (Å²) in [7, 11) is 0. The molecule has 0 aliphatic carbocycles. The monoisotopic (exact) mass is 330 g/mol. The maximum absolute atomic E-state index is 12.2. The third-order valence-corrected chi connectivity index (χ3v) is 3.18. The molecule has 126 valence electrons. The van der Waals surface area contributed by atoms with Crippen molar-refractivity contribution < 1.29 is 23.5 Å². The Labute approximate surface area is 139 Å². The van der Waals surface area contributed by atoms with Gasteiger partial charge in [-0.25, -0.2) is 0 Å². The van der Waals surface area contributed by atoms with Gasteiger partial charge in [0.25, 0.3) is 11.8 Å². The van der Waals surface area contributed by atoms with Crippen LogP contribution in [-0.4, -0.2) is 37.5 Å². The lowest BCUT2D eigenvalue weighted by Crippen LogP contribution is -2.36. The van der Waals surface area contributed by atoms with Crippen LogP contribution in [0.3, 0.4) is 0 Å². The van der Waals surface area contributed by atoms with Crippen LogP contribution in [0.5, 0.6) is 0 Å². The highest BCUT2D eigenvalue weighted by Gasteiger charge is 2.16. The maximum atomic E-state index is 12.2. The molecule has 1 N–H and O–H groups in total. The van der Waals surface area contributed by atoms with Crippen LogP contribution in [0.15, 0.2) is 53.1 Å². The molecule has 0 fully saturated rings. The highest BCUT2D eigenvalue weighted by molar-refractivity contribution is 5.96. The molecule has 0 saturated heterocycles. The van der Waals surface area contributed by atoms with Crippen molar-refractivity contribution in [2.24, 2.45) is 0 Å². The lowest BCUT2D eigenvalue weighted by atomic mass is 10.3. The van der Waals surface area contributed by atoms with Crippen LogP contribution in [0, 0.1) is 0 Å². The van der Waals surface area contributed by atoms with E-state index in [1.165, 1.54) is 17.2 Å². The van der Waals surface area contributed by atoms with Crippen LogP contribution in [0.2, 0.25) is 0 Å². The van der Waals surface area contributed by atoms with E-state index in [0.717, 1.165) is 5.69 Å². The van der Waals surface area contributed by atoms with Crippen molar-refractivity contribution in [2.45, 2.75) is 6.92 Å². The number of hydrogen-bond donors (Lipinski definition) is 1. The number of rotatable bonds is 7. The zero-order valence-corrected chi connectivity index (χ0v) is 13.2. The normalized spacial score (nSPS) is 10.0. The van der Waals surface area contributed by atoms with Crippen molar-refractivity contribution in [3.05, 3.63) is 54.5 Å². The number of para-hydroxylation sites is 1. The first-order valence-electron chi connectivity index (χ1n) is 7.44. The average Bonchev–Trinajstić information content (AvgIpc) is 3.14. The number of benzene rings is 1. The number of nitrogens with zero attached hydrogens (tertiary/aromatic N) is 1. The molecule has 2 rings (SSSR count). The zero-order valence-electron chi connectivity index (χ0n) is 13.2. The van der Waals surface area contributed by atoms with Crippen LogP contribution in [0.1, 0.15) is 17.5 Å². The number of amides is 2. The predicted octanol–water partition coefficient (Wildman–Crippen LogP) is 1.61. The first-order chi connectivity index (χ1) is 11.6. The van der Waals surface area contributed by atoms with Crippen molar-refractivity contribution in [3.63, 3.8) is 0 Å². The number of nitrogens with one attached hydrogen (secondary N) is 1. The Hall–Kier alpha value is -3.09. The molecular weight excluding hydrogens is 312 g/mol. The van der Waals surface area contributed by atoms with Gasteiger partial charge in [0.2, 0.25) is 0 Å². The number of carbonyl (C=O) groups is 3. The fourth-order valence-corrected chi connectivity index (χ4v) is 2.03. The number of esters is 1. The summed E-state index contributed by atoms with van der Waals surface area (Å²) in [5, 5.41) is 2.35. The van der Waals surface area contributed by atoms with Gasteiger partial charge in [-0.15, -0.1) is 0 Å². The minimum Gasteiger partial charge on any atom is -0.459 e. The summed E-state index contributed by atoms with van der Waals surface area (Å²) in [6.07, 6.45) is 1.36. The minimum absolute atomic E-state index is 0.0973. The molecule has 2 aromatic rings. The summed E-state index contributed by atoms with van der Waals surface area (Å²) in [5.74, 6) is -1.47. The molecule has 0 spiro atoms. The van der Waals surface area contributed by atoms with E-state index in [9.17, 15) is 14.4 Å². The van der Waals surface area contributed by atoms with Gasteiger partial charge in [0.1, 0.15) is 6.54 Å². The second-order valence-electron chi connectivity index (χ2n) is 4.79. The molecule has 0 bridgehead atoms. The topological polar surface area (TPSA) is 88.9 Å². The summed E-state index contributed by atoms with van der Waals surface area (Å²) in [5.41, 5.74) is 0.729. The number of likely N-dealkylation sites (N-methyl/N-ethyl adjacent to an activating group) is 1. The SMILES string of the molecule is CCN(C(=O)COC(=O)CNC(=O)c1ccco1)c1ccccc1. The van der Waals surface area contributed by atoms with E-state index in [-0.39, 0.29) is 18.2 Å². The van der Waals surface area contributed by atoms with Gasteiger partial charge in [0, 0.05) is 12.2 Å². The summed E-state index contributed by atoms with van der Waals surface area (Å²) in [6.45, 7) is 1.55. The van der Waals surface area contributed by atoms with E-state index in [1.807, 2.05) is 25.1 Å². The van der Waals surface area contributed by atoms with Crippen LogP contribution < -0.4 is 10.2 Å². The smallest absolute Gasteiger partial charge is 0.325 e. The van der Waals surface area contributed by atoms with Gasteiger partial charge in [0.15, 0.2) is 12.4 Å². The molecule has 7 nitrogen and oxygen atoms in total. The fraction of sp³-hybridized carbons (Fsp3) is 0.235. The van der Waals surface area contributed by atoms with Gasteiger partial charge in [-0.1, -0.05) is 18.2 Å². The molecule has 0 aliphatic heterocycles. The van der Waals surface area contributed by atoms with Crippen molar-refractivity contribution in [1.82, 2.24) is 5.32 Å². The number of hydrogen-bond acceptors (Lipinski definition) is 5. The summed E-state index contributed by atoms with van der Waals surface area (Å²) >= 11 is 0. The molecule has 1 heterocycles. The molecule has 7 heteroatoms. The van der Waals surface area contributed by atoms with Gasteiger partial charge in [0.05, 0.1) is 6.26 Å². The molecule has 1 aromatic heterocycles. The van der Waals surface area contributed by atoms with Gasteiger partial charge in [-0.3, -0.25) is 14.4 Å². The minimum atomic E-state index is -0.702. The van der Waals surface area contributed by atoms with E-state index in [4.69, 9.17) is 9.15 Å². The fourth-order valence-electron chi connectivity index (χ4n) is 2.03. The third kappa shape index (κ3) is 4.70. The van der Waals surface area contributed by atoms with Crippen molar-refractivity contribution in [3.8, 4) is 0 Å². The van der Waals surface area contributed by atoms with Crippen LogP contribution >= 0.6 is 0 Å². The van der Waals surface area contributed by atoms with Gasteiger partial charge in [-0.2, -0.15) is 0 Å². The Morgan fingerprint density at radius 1 is 1.12 bits per heavy atom. The molecular formula is C17H18N2O5. The summed E-state index contributed by atoms with van der Waals surface area (Å²) in [6, 6.07) is 12.1. The Bertz CT molecular complexity index is 682. The first-order valence-corrected chi connectivity index (χ1v) is 7.44. The second-order valence-corrected chi connectivity index (χ2v) is 4.79. The van der Waals surface area contributed by atoms with Crippen LogP contribution in [-0.2, 0) is 14.3 Å². The van der Waals surface area contributed by atoms with E-state index in [0.29, 0.717) is 6.54 Å². The lowest BCUT2D eigenvalue weighted by molar-refractivity contribution is -0.146. The number of carbonyl (C=O) groups excluding carboxylic acids is 3. The zero-order chi connectivity index (χ0) is 17.4. The molecule has 2 amide bonds. The van der Waals surface area contributed by atoms with E-state index in [1.54, 1.807) is 18.2 Å². The Kier molecular flexibility index (Phi) is 6.13. The molecule has 24 heavy (non-hydrogen) atoms. The highest BCUT2D eigenvalue weighted by atomic mass is 16.5. The Morgan fingerprint density at radius 3 is 2.50 bits per heavy atom. The number of ether oxygens (including phenoxy) is 1. The van der Waals surface area contributed by atoms with E-state index < -0.39 is 18.5 Å². The lowest BCUT2D eigenvalue weighted by Gasteiger charge is -2.20. The number of furan rings is 1. The predicted molar refractivity (Wildman–Crippen MR) is 86.5 cm³/mol. The van der Waals surface area contributed by atoms with Crippen LogP contribution in [0.4, 0.5) is 5.69 Å². The molecule has 0 radical (unpaired) electrons. The quantitative estimate of drug-likeness (QED) is 0.779. The Morgan fingerprint density at radius 2 is 1.88 bits per heavy atom. The van der Waals surface area contributed by atoms with E-state index >= 15 is 0 Å². The Balaban J connectivity index is 1.78. The number of anilines is 1. The van der Waals surface area contributed by atoms with Crippen molar-refractivity contribution in [2.75, 3.05) is 24.6 Å². The molecule has 0 unspecified atom stereocenters. The van der Waals surface area contributed by atoms with Gasteiger partial charge >= 0.3 is 5.97 Å². The molecule has 0 atom stereocenters. The van der Waals surface area contributed by atoms with Crippen LogP contribution in [0.25, 0.3) is 0 Å². The van der Waals surface area contributed by atoms with E-state index in [2.05, 4.69) is 5.32 Å². The summed E-state index contributed by atoms with van der Waals surface area (Å²) < 4.78 is 9.80. The largest absolute Gasteiger partial charge is 0.459 e. The molecule has 0 aliphatic rings. The average molecular weight is 330 g/mol. The summed E-state index contributed by atoms with van der Waals surface area (Å²) in [4.78, 5) is 36.9. The third-order valence-electron chi connectivity index (χ3n) is 3.18.